The van der Waals surface area contributed by atoms with Gasteiger partial charge in [0.25, 0.3) is 5.91 Å². The van der Waals surface area contributed by atoms with Gasteiger partial charge in [-0.05, 0) is 24.6 Å². The third-order valence-corrected chi connectivity index (χ3v) is 3.75. The third kappa shape index (κ3) is 4.90. The summed E-state index contributed by atoms with van der Waals surface area (Å²) in [6.07, 6.45) is 5.72. The molecule has 3 rings (SSSR count). The van der Waals surface area contributed by atoms with E-state index in [9.17, 15) is 19.3 Å². The van der Waals surface area contributed by atoms with Crippen molar-refractivity contribution in [3.05, 3.63) is 70.5 Å². The number of hydrogen-bond acceptors (Lipinski definition) is 6. The van der Waals surface area contributed by atoms with E-state index in [0.29, 0.717) is 19.5 Å². The highest BCUT2D eigenvalue weighted by atomic mass is 19.1. The Morgan fingerprint density at radius 3 is 2.89 bits per heavy atom. The van der Waals surface area contributed by atoms with Crippen LogP contribution in [-0.2, 0) is 13.3 Å². The number of nitro groups is 1. The Bertz CT molecular complexity index is 956. The Balaban J connectivity index is 1.50. The van der Waals surface area contributed by atoms with Crippen molar-refractivity contribution in [2.75, 3.05) is 6.54 Å². The molecule has 146 valence electrons. The minimum atomic E-state index is -0.667. The summed E-state index contributed by atoms with van der Waals surface area (Å²) in [5.41, 5.74) is -0.180. The zero-order valence-corrected chi connectivity index (χ0v) is 14.7. The van der Waals surface area contributed by atoms with Gasteiger partial charge in [0.2, 0.25) is 5.75 Å². The summed E-state index contributed by atoms with van der Waals surface area (Å²) >= 11 is 0. The first-order chi connectivity index (χ1) is 13.5. The predicted molar refractivity (Wildman–Crippen MR) is 95.1 cm³/mol. The lowest BCUT2D eigenvalue weighted by Crippen LogP contribution is -2.26. The van der Waals surface area contributed by atoms with Crippen molar-refractivity contribution >= 4 is 11.6 Å². The molecule has 2 heterocycles. The Hall–Kier alpha value is -3.76. The minimum absolute atomic E-state index is 0.177. The number of aromatic nitrogens is 4. The van der Waals surface area contributed by atoms with E-state index in [4.69, 9.17) is 4.74 Å². The highest BCUT2D eigenvalue weighted by molar-refractivity contribution is 5.92. The first-order valence-corrected chi connectivity index (χ1v) is 8.39. The molecule has 0 bridgehead atoms. The van der Waals surface area contributed by atoms with E-state index in [0.717, 1.165) is 18.2 Å². The van der Waals surface area contributed by atoms with Crippen molar-refractivity contribution in [1.29, 1.82) is 0 Å². The fourth-order valence-corrected chi connectivity index (χ4v) is 2.41. The molecule has 0 saturated heterocycles. The molecule has 11 heteroatoms. The average Bonchev–Trinajstić information content (AvgIpc) is 3.35. The lowest BCUT2D eigenvalue weighted by molar-refractivity contribution is -0.386. The summed E-state index contributed by atoms with van der Waals surface area (Å²) in [5.74, 6) is -1.22. The summed E-state index contributed by atoms with van der Waals surface area (Å²) in [4.78, 5) is 22.4. The molecule has 2 aromatic heterocycles. The summed E-state index contributed by atoms with van der Waals surface area (Å²) in [7, 11) is 0. The van der Waals surface area contributed by atoms with Crippen LogP contribution in [0.4, 0.5) is 10.1 Å². The third-order valence-electron chi connectivity index (χ3n) is 3.75. The molecule has 0 unspecified atom stereocenters. The van der Waals surface area contributed by atoms with E-state index in [-0.39, 0.29) is 29.8 Å². The first kappa shape index (κ1) is 19.0. The van der Waals surface area contributed by atoms with Crippen LogP contribution in [0.1, 0.15) is 16.9 Å². The molecule has 0 aliphatic heterocycles. The number of carbonyl (C=O) groups is 1. The Kier molecular flexibility index (Phi) is 5.94. The van der Waals surface area contributed by atoms with Gasteiger partial charge in [0.05, 0.1) is 4.92 Å². The van der Waals surface area contributed by atoms with Crippen LogP contribution in [0.2, 0.25) is 0 Å². The van der Waals surface area contributed by atoms with Crippen LogP contribution >= 0.6 is 0 Å². The SMILES string of the molecule is O=C(NCCCn1cccn1)c1ccn(COc2cc(F)ccc2[N+](=O)[O-])n1. The molecule has 28 heavy (non-hydrogen) atoms. The number of halogens is 1. The Labute approximate surface area is 158 Å². The average molecular weight is 388 g/mol. The summed E-state index contributed by atoms with van der Waals surface area (Å²) < 4.78 is 21.6. The monoisotopic (exact) mass is 388 g/mol. The van der Waals surface area contributed by atoms with Gasteiger partial charge >= 0.3 is 5.69 Å². The van der Waals surface area contributed by atoms with Gasteiger partial charge < -0.3 is 10.1 Å². The predicted octanol–water partition coefficient (Wildman–Crippen LogP) is 1.98. The summed E-state index contributed by atoms with van der Waals surface area (Å²) in [6, 6.07) is 6.25. The fourth-order valence-electron chi connectivity index (χ4n) is 2.41. The number of amides is 1. The quantitative estimate of drug-likeness (QED) is 0.340. The maximum Gasteiger partial charge on any atom is 0.311 e. The van der Waals surface area contributed by atoms with E-state index in [2.05, 4.69) is 15.5 Å². The van der Waals surface area contributed by atoms with Gasteiger partial charge in [-0.3, -0.25) is 19.6 Å². The molecule has 1 amide bonds. The molecule has 0 radical (unpaired) electrons. The minimum Gasteiger partial charge on any atom is -0.464 e. The van der Waals surface area contributed by atoms with Crippen molar-refractivity contribution in [2.45, 2.75) is 19.7 Å². The van der Waals surface area contributed by atoms with Crippen LogP contribution in [0.5, 0.6) is 5.75 Å². The summed E-state index contributed by atoms with van der Waals surface area (Å²) in [6.45, 7) is 0.927. The van der Waals surface area contributed by atoms with Gasteiger partial charge in [0.1, 0.15) is 11.5 Å². The van der Waals surface area contributed by atoms with Crippen LogP contribution in [0.15, 0.2) is 48.9 Å². The molecular weight excluding hydrogens is 371 g/mol. The number of carbonyl (C=O) groups excluding carboxylic acids is 1. The number of ether oxygens (including phenoxy) is 1. The second-order valence-electron chi connectivity index (χ2n) is 5.76. The number of nitrogens with zero attached hydrogens (tertiary/aromatic N) is 5. The largest absolute Gasteiger partial charge is 0.464 e. The molecule has 0 aliphatic rings. The number of hydrogen-bond donors (Lipinski definition) is 1. The normalized spacial score (nSPS) is 10.6. The van der Waals surface area contributed by atoms with E-state index >= 15 is 0 Å². The Morgan fingerprint density at radius 2 is 2.14 bits per heavy atom. The number of aryl methyl sites for hydroxylation is 1. The van der Waals surface area contributed by atoms with Crippen LogP contribution in [0, 0.1) is 15.9 Å². The molecule has 0 aliphatic carbocycles. The molecule has 0 fully saturated rings. The molecule has 1 aromatic carbocycles. The molecule has 10 nitrogen and oxygen atoms in total. The smallest absolute Gasteiger partial charge is 0.311 e. The Morgan fingerprint density at radius 1 is 1.29 bits per heavy atom. The van der Waals surface area contributed by atoms with Gasteiger partial charge in [0.15, 0.2) is 6.73 Å². The summed E-state index contributed by atoms with van der Waals surface area (Å²) in [5, 5.41) is 21.8. The number of rotatable bonds is 9. The lowest BCUT2D eigenvalue weighted by atomic mass is 10.3. The van der Waals surface area contributed by atoms with E-state index in [1.807, 2.05) is 12.3 Å². The van der Waals surface area contributed by atoms with Gasteiger partial charge in [-0.1, -0.05) is 0 Å². The number of nitro benzene ring substituents is 1. The van der Waals surface area contributed by atoms with Crippen molar-refractivity contribution in [2.24, 2.45) is 0 Å². The molecule has 3 aromatic rings. The number of nitrogens with one attached hydrogen (secondary N) is 1. The van der Waals surface area contributed by atoms with Gasteiger partial charge in [-0.15, -0.1) is 0 Å². The molecule has 0 spiro atoms. The zero-order chi connectivity index (χ0) is 19.9. The van der Waals surface area contributed by atoms with Crippen LogP contribution in [0.3, 0.4) is 0 Å². The van der Waals surface area contributed by atoms with Gasteiger partial charge in [-0.2, -0.15) is 10.2 Å². The van der Waals surface area contributed by atoms with Crippen molar-refractivity contribution < 1.29 is 18.8 Å². The second-order valence-corrected chi connectivity index (χ2v) is 5.76. The maximum atomic E-state index is 13.3. The number of benzene rings is 1. The topological polar surface area (TPSA) is 117 Å². The first-order valence-electron chi connectivity index (χ1n) is 8.39. The van der Waals surface area contributed by atoms with Crippen molar-refractivity contribution in [3.63, 3.8) is 0 Å². The van der Waals surface area contributed by atoms with Crippen LogP contribution < -0.4 is 10.1 Å². The van der Waals surface area contributed by atoms with Gasteiger partial charge in [0, 0.05) is 43.8 Å². The highest BCUT2D eigenvalue weighted by Crippen LogP contribution is 2.27. The molecule has 0 saturated carbocycles. The van der Waals surface area contributed by atoms with Gasteiger partial charge in [-0.25, -0.2) is 9.07 Å². The van der Waals surface area contributed by atoms with Crippen LogP contribution in [0.25, 0.3) is 0 Å². The highest BCUT2D eigenvalue weighted by Gasteiger charge is 2.16. The molecule has 0 atom stereocenters. The van der Waals surface area contributed by atoms with Crippen molar-refractivity contribution in [3.8, 4) is 5.75 Å². The van der Waals surface area contributed by atoms with E-state index in [1.54, 1.807) is 10.9 Å². The molecular formula is C17H17FN6O4. The van der Waals surface area contributed by atoms with Crippen molar-refractivity contribution in [1.82, 2.24) is 24.9 Å². The zero-order valence-electron chi connectivity index (χ0n) is 14.7. The standard InChI is InChI=1S/C17H17FN6O4/c18-13-3-4-15(24(26)27)16(11-13)28-12-23-10-5-14(21-23)17(25)19-6-1-8-22-9-2-7-20-22/h2-5,7,9-11H,1,6,8,12H2,(H,19,25). The van der Waals surface area contributed by atoms with E-state index < -0.39 is 10.7 Å². The lowest BCUT2D eigenvalue weighted by Gasteiger charge is -2.07. The van der Waals surface area contributed by atoms with Crippen LogP contribution in [-0.4, -0.2) is 36.9 Å². The molecule has 1 N–H and O–H groups in total. The second kappa shape index (κ2) is 8.75. The van der Waals surface area contributed by atoms with E-state index in [1.165, 1.54) is 16.9 Å². The fraction of sp³-hybridized carbons (Fsp3) is 0.235. The maximum absolute atomic E-state index is 13.3.